The summed E-state index contributed by atoms with van der Waals surface area (Å²) in [4.78, 5) is 12.3. The molecule has 3 N–H and O–H groups in total. The minimum Gasteiger partial charge on any atom is -0.496 e. The normalized spacial score (nSPS) is 17.0. The Kier molecular flexibility index (Phi) is 6.83. The number of carbonyl (C=O) groups is 1. The van der Waals surface area contributed by atoms with Crippen LogP contribution in [0.15, 0.2) is 41.0 Å². The van der Waals surface area contributed by atoms with Crippen molar-refractivity contribution in [3.05, 3.63) is 52.9 Å². The molecule has 1 atom stereocenters. The highest BCUT2D eigenvalue weighted by molar-refractivity contribution is 6.30. The third-order valence-corrected chi connectivity index (χ3v) is 5.33. The van der Waals surface area contributed by atoms with Crippen molar-refractivity contribution in [3.63, 3.8) is 0 Å². The van der Waals surface area contributed by atoms with Crippen molar-refractivity contribution in [2.45, 2.75) is 24.4 Å². The average molecular weight is 409 g/mol. The van der Waals surface area contributed by atoms with Crippen LogP contribution in [0.2, 0.25) is 5.02 Å². The van der Waals surface area contributed by atoms with Gasteiger partial charge in [-0.25, -0.2) is 4.79 Å². The molecule has 1 aromatic carbocycles. The third kappa shape index (κ3) is 4.79. The van der Waals surface area contributed by atoms with Gasteiger partial charge in [0.2, 0.25) is 0 Å². The van der Waals surface area contributed by atoms with Crippen molar-refractivity contribution in [3.8, 4) is 5.75 Å². The van der Waals surface area contributed by atoms with Crippen LogP contribution in [0.25, 0.3) is 0 Å². The zero-order valence-electron chi connectivity index (χ0n) is 15.7. The molecule has 1 unspecified atom stereocenters. The molecule has 0 saturated carbocycles. The topological polar surface area (TPSA) is 93.0 Å². The van der Waals surface area contributed by atoms with Gasteiger partial charge in [-0.15, -0.1) is 0 Å². The average Bonchev–Trinajstić information content (AvgIpc) is 3.26. The van der Waals surface area contributed by atoms with Crippen LogP contribution in [0, 0.1) is 0 Å². The van der Waals surface area contributed by atoms with Gasteiger partial charge in [0.25, 0.3) is 0 Å². The van der Waals surface area contributed by atoms with Gasteiger partial charge in [0, 0.05) is 35.8 Å². The minimum atomic E-state index is -0.897. The smallest absolute Gasteiger partial charge is 0.314 e. The summed E-state index contributed by atoms with van der Waals surface area (Å²) in [5.74, 6) is 1.15. The Hall–Kier alpha value is -2.22. The van der Waals surface area contributed by atoms with E-state index in [-0.39, 0.29) is 18.0 Å². The number of amides is 2. The molecule has 0 bridgehead atoms. The number of hydrogen-bond acceptors (Lipinski definition) is 5. The van der Waals surface area contributed by atoms with Gasteiger partial charge in [-0.1, -0.05) is 11.6 Å². The van der Waals surface area contributed by atoms with Crippen LogP contribution in [0.3, 0.4) is 0 Å². The monoisotopic (exact) mass is 408 g/mol. The summed E-state index contributed by atoms with van der Waals surface area (Å²) < 4.78 is 16.2. The largest absolute Gasteiger partial charge is 0.496 e. The molecule has 7 nitrogen and oxygen atoms in total. The maximum absolute atomic E-state index is 12.3. The van der Waals surface area contributed by atoms with E-state index in [1.807, 2.05) is 12.1 Å². The first-order chi connectivity index (χ1) is 13.5. The van der Waals surface area contributed by atoms with Gasteiger partial charge in [0.15, 0.2) is 0 Å². The molecule has 1 aromatic heterocycles. The number of ether oxygens (including phenoxy) is 2. The molecule has 1 aliphatic heterocycles. The quantitative estimate of drug-likeness (QED) is 0.654. The van der Waals surface area contributed by atoms with Crippen LogP contribution in [-0.2, 0) is 10.2 Å². The van der Waals surface area contributed by atoms with Gasteiger partial charge in [-0.05, 0) is 43.2 Å². The standard InChI is InChI=1S/C20H25ClN2O5/c1-26-17-5-4-14(21)11-15(17)20(6-9-27-10-7-20)13-23-19(25)22-12-16(24)18-3-2-8-28-18/h2-5,8,11,16,24H,6-7,9-10,12-13H2,1H3,(H2,22,23,25). The lowest BCUT2D eigenvalue weighted by atomic mass is 9.73. The molecule has 1 aliphatic rings. The second-order valence-corrected chi connectivity index (χ2v) is 7.27. The van der Waals surface area contributed by atoms with Crippen LogP contribution < -0.4 is 15.4 Å². The van der Waals surface area contributed by atoms with Gasteiger partial charge in [0.05, 0.1) is 19.9 Å². The summed E-state index contributed by atoms with van der Waals surface area (Å²) in [6, 6.07) is 8.50. The van der Waals surface area contributed by atoms with Gasteiger partial charge in [0.1, 0.15) is 17.6 Å². The van der Waals surface area contributed by atoms with Crippen molar-refractivity contribution in [2.75, 3.05) is 33.4 Å². The Morgan fingerprint density at radius 1 is 1.32 bits per heavy atom. The van der Waals surface area contributed by atoms with Gasteiger partial charge in [-0.2, -0.15) is 0 Å². The molecule has 0 radical (unpaired) electrons. The predicted molar refractivity (Wildman–Crippen MR) is 105 cm³/mol. The lowest BCUT2D eigenvalue weighted by molar-refractivity contribution is 0.0498. The summed E-state index contributed by atoms with van der Waals surface area (Å²) in [6.45, 7) is 1.64. The number of rotatable bonds is 7. The van der Waals surface area contributed by atoms with E-state index in [1.165, 1.54) is 6.26 Å². The molecular weight excluding hydrogens is 384 g/mol. The van der Waals surface area contributed by atoms with Crippen molar-refractivity contribution < 1.29 is 23.8 Å². The zero-order valence-corrected chi connectivity index (χ0v) is 16.5. The Labute approximate surface area is 169 Å². The van der Waals surface area contributed by atoms with E-state index in [1.54, 1.807) is 25.3 Å². The maximum atomic E-state index is 12.3. The molecular formula is C20H25ClN2O5. The van der Waals surface area contributed by atoms with E-state index in [0.717, 1.165) is 24.2 Å². The number of hydrogen-bond donors (Lipinski definition) is 3. The van der Waals surface area contributed by atoms with Crippen molar-refractivity contribution >= 4 is 17.6 Å². The Bertz CT molecular complexity index is 775. The summed E-state index contributed by atoms with van der Waals surface area (Å²) in [5, 5.41) is 16.2. The molecule has 0 spiro atoms. The number of furan rings is 1. The number of benzene rings is 1. The van der Waals surface area contributed by atoms with Crippen molar-refractivity contribution in [1.29, 1.82) is 0 Å². The number of aliphatic hydroxyl groups is 1. The first-order valence-corrected chi connectivity index (χ1v) is 9.57. The fourth-order valence-corrected chi connectivity index (χ4v) is 3.65. The minimum absolute atomic E-state index is 0.0515. The fraction of sp³-hybridized carbons (Fsp3) is 0.450. The second-order valence-electron chi connectivity index (χ2n) is 6.83. The number of methoxy groups -OCH3 is 1. The number of urea groups is 1. The fourth-order valence-electron chi connectivity index (χ4n) is 3.48. The van der Waals surface area contributed by atoms with Crippen molar-refractivity contribution in [1.82, 2.24) is 10.6 Å². The summed E-state index contributed by atoms with van der Waals surface area (Å²) >= 11 is 6.23. The number of nitrogens with one attached hydrogen (secondary N) is 2. The van der Waals surface area contributed by atoms with E-state index in [9.17, 15) is 9.90 Å². The maximum Gasteiger partial charge on any atom is 0.314 e. The van der Waals surface area contributed by atoms with Gasteiger partial charge < -0.3 is 29.6 Å². The zero-order chi connectivity index (χ0) is 20.0. The van der Waals surface area contributed by atoms with Crippen LogP contribution in [0.5, 0.6) is 5.75 Å². The number of halogens is 1. The van der Waals surface area contributed by atoms with Crippen LogP contribution >= 0.6 is 11.6 Å². The molecule has 3 rings (SSSR count). The Morgan fingerprint density at radius 3 is 2.79 bits per heavy atom. The second kappa shape index (κ2) is 9.32. The lowest BCUT2D eigenvalue weighted by Gasteiger charge is -2.38. The number of aliphatic hydroxyl groups excluding tert-OH is 1. The lowest BCUT2D eigenvalue weighted by Crippen LogP contribution is -2.48. The van der Waals surface area contributed by atoms with E-state index < -0.39 is 6.10 Å². The highest BCUT2D eigenvalue weighted by Gasteiger charge is 2.37. The molecule has 2 aromatic rings. The van der Waals surface area contributed by atoms with Crippen molar-refractivity contribution in [2.24, 2.45) is 0 Å². The molecule has 1 saturated heterocycles. The van der Waals surface area contributed by atoms with E-state index in [4.69, 9.17) is 25.5 Å². The molecule has 28 heavy (non-hydrogen) atoms. The van der Waals surface area contributed by atoms with Crippen LogP contribution in [0.1, 0.15) is 30.3 Å². The summed E-state index contributed by atoms with van der Waals surface area (Å²) in [7, 11) is 1.62. The predicted octanol–water partition coefficient (Wildman–Crippen LogP) is 3.02. The first kappa shape index (κ1) is 20.5. The van der Waals surface area contributed by atoms with Crippen LogP contribution in [-0.4, -0.2) is 44.6 Å². The summed E-state index contributed by atoms with van der Waals surface area (Å²) in [5.41, 5.74) is 0.618. The Morgan fingerprint density at radius 2 is 2.11 bits per heavy atom. The Balaban J connectivity index is 1.66. The van der Waals surface area contributed by atoms with E-state index in [2.05, 4.69) is 10.6 Å². The molecule has 8 heteroatoms. The van der Waals surface area contributed by atoms with E-state index in [0.29, 0.717) is 30.5 Å². The number of carbonyl (C=O) groups excluding carboxylic acids is 1. The SMILES string of the molecule is COc1ccc(Cl)cc1C1(CNC(=O)NCC(O)c2ccco2)CCOCC1. The van der Waals surface area contributed by atoms with E-state index >= 15 is 0 Å². The van der Waals surface area contributed by atoms with Gasteiger partial charge >= 0.3 is 6.03 Å². The highest BCUT2D eigenvalue weighted by atomic mass is 35.5. The molecule has 2 heterocycles. The third-order valence-electron chi connectivity index (χ3n) is 5.10. The molecule has 0 aliphatic carbocycles. The first-order valence-electron chi connectivity index (χ1n) is 9.19. The molecule has 2 amide bonds. The molecule has 152 valence electrons. The van der Waals surface area contributed by atoms with Crippen LogP contribution in [0.4, 0.5) is 4.79 Å². The summed E-state index contributed by atoms with van der Waals surface area (Å²) in [6.07, 6.45) is 2.05. The van der Waals surface area contributed by atoms with Gasteiger partial charge in [-0.3, -0.25) is 0 Å². The molecule has 1 fully saturated rings. The highest BCUT2D eigenvalue weighted by Crippen LogP contribution is 2.40.